The van der Waals surface area contributed by atoms with Crippen LogP contribution in [0, 0.1) is 11.3 Å². The molecule has 0 spiro atoms. The first-order chi connectivity index (χ1) is 17.3. The minimum Gasteiger partial charge on any atom is -0.489 e. The number of hydrogen-bond donors (Lipinski definition) is 0. The predicted molar refractivity (Wildman–Crippen MR) is 140 cm³/mol. The highest BCUT2D eigenvalue weighted by Gasteiger charge is 2.13. The summed E-state index contributed by atoms with van der Waals surface area (Å²) in [5.41, 5.74) is 3.49. The summed E-state index contributed by atoms with van der Waals surface area (Å²) in [5.74, 6) is 1.32. The van der Waals surface area contributed by atoms with Crippen LogP contribution in [0.4, 0.5) is 0 Å². The van der Waals surface area contributed by atoms with Crippen molar-refractivity contribution in [2.24, 2.45) is 0 Å². The number of sulfone groups is 1. The lowest BCUT2D eigenvalue weighted by atomic mass is 10.0. The molecular weight excluding hydrogens is 521 g/mol. The second-order valence-electron chi connectivity index (χ2n) is 8.05. The zero-order valence-electron chi connectivity index (χ0n) is 19.2. The number of halogens is 2. The number of ether oxygens (including phenoxy) is 2. The highest BCUT2D eigenvalue weighted by molar-refractivity contribution is 7.89. The Balaban J connectivity index is 1.51. The first-order valence-electron chi connectivity index (χ1n) is 10.8. The van der Waals surface area contributed by atoms with E-state index < -0.39 is 9.84 Å². The Morgan fingerprint density at radius 2 is 1.89 bits per heavy atom. The average molecular weight is 542 g/mol. The summed E-state index contributed by atoms with van der Waals surface area (Å²) < 4.78 is 34.5. The van der Waals surface area contributed by atoms with Crippen molar-refractivity contribution in [3.8, 4) is 28.7 Å². The topological polar surface area (TPSA) is 102 Å². The molecule has 0 N–H and O–H groups in total. The Labute approximate surface area is 219 Å². The molecule has 10 heteroatoms. The van der Waals surface area contributed by atoms with Crippen LogP contribution in [0.25, 0.3) is 22.0 Å². The van der Waals surface area contributed by atoms with Crippen LogP contribution in [-0.2, 0) is 22.2 Å². The predicted octanol–water partition coefficient (Wildman–Crippen LogP) is 5.56. The lowest BCUT2D eigenvalue weighted by Crippen LogP contribution is -2.05. The van der Waals surface area contributed by atoms with Crippen LogP contribution in [0.3, 0.4) is 0 Å². The number of hydrogen-bond acceptors (Lipinski definition) is 7. The number of alkyl halides is 1. The summed E-state index contributed by atoms with van der Waals surface area (Å²) in [6, 6.07) is 18.7. The number of aromatic nitrogens is 2. The van der Waals surface area contributed by atoms with E-state index in [1.54, 1.807) is 18.3 Å². The zero-order valence-corrected chi connectivity index (χ0v) is 21.6. The second kappa shape index (κ2) is 11.1. The molecule has 7 nitrogen and oxygen atoms in total. The first-order valence-corrected chi connectivity index (χ1v) is 13.8. The van der Waals surface area contributed by atoms with Gasteiger partial charge in [0.2, 0.25) is 0 Å². The van der Waals surface area contributed by atoms with E-state index in [2.05, 4.69) is 16.0 Å². The Kier molecular flexibility index (Phi) is 7.94. The Morgan fingerprint density at radius 1 is 1.06 bits per heavy atom. The van der Waals surface area contributed by atoms with E-state index in [4.69, 9.17) is 32.7 Å². The van der Waals surface area contributed by atoms with Crippen LogP contribution in [0.5, 0.6) is 11.5 Å². The summed E-state index contributed by atoms with van der Waals surface area (Å²) in [6.07, 6.45) is 2.77. The van der Waals surface area contributed by atoms with Crippen molar-refractivity contribution in [1.29, 1.82) is 5.26 Å². The van der Waals surface area contributed by atoms with E-state index in [9.17, 15) is 13.7 Å². The van der Waals surface area contributed by atoms with Crippen molar-refractivity contribution in [2.75, 3.05) is 18.7 Å². The number of fused-ring (bicyclic) bond motifs is 1. The molecule has 1 heterocycles. The summed E-state index contributed by atoms with van der Waals surface area (Å²) in [6.45, 7) is 0.557. The van der Waals surface area contributed by atoms with Gasteiger partial charge in [0.25, 0.3) is 0 Å². The molecule has 0 atom stereocenters. The maximum Gasteiger partial charge on any atom is 0.155 e. The largest absolute Gasteiger partial charge is 0.489 e. The Bertz CT molecular complexity index is 1570. The van der Waals surface area contributed by atoms with Gasteiger partial charge in [0.05, 0.1) is 22.0 Å². The molecule has 1 aromatic heterocycles. The van der Waals surface area contributed by atoms with Gasteiger partial charge in [-0.1, -0.05) is 29.8 Å². The number of rotatable bonds is 9. The molecule has 4 aromatic rings. The van der Waals surface area contributed by atoms with Crippen LogP contribution in [0.2, 0.25) is 5.02 Å². The quantitative estimate of drug-likeness (QED) is 0.255. The number of nitrogens with zero attached hydrogens (tertiary/aromatic N) is 3. The SMILES string of the molecule is CS(=O)(=O)Cc1ncc2cc(COc3cccc(-c4cc(Cl)c(OCCCl)c(C#N)c4)c3)ccc2n1. The van der Waals surface area contributed by atoms with Crippen LogP contribution in [0.15, 0.2) is 60.8 Å². The van der Waals surface area contributed by atoms with Crippen LogP contribution >= 0.6 is 23.2 Å². The summed E-state index contributed by atoms with van der Waals surface area (Å²) >= 11 is 12.1. The minimum atomic E-state index is -3.21. The third-order valence-corrected chi connectivity index (χ3v) is 6.36. The third kappa shape index (κ3) is 6.43. The lowest BCUT2D eigenvalue weighted by molar-refractivity contribution is 0.306. The maximum atomic E-state index is 11.5. The van der Waals surface area contributed by atoms with Gasteiger partial charge in [0, 0.05) is 17.8 Å². The van der Waals surface area contributed by atoms with Gasteiger partial charge in [-0.3, -0.25) is 0 Å². The third-order valence-electron chi connectivity index (χ3n) is 5.15. The van der Waals surface area contributed by atoms with Gasteiger partial charge in [-0.15, -0.1) is 11.6 Å². The molecule has 0 amide bonds. The molecule has 0 aliphatic carbocycles. The molecule has 0 fully saturated rings. The summed E-state index contributed by atoms with van der Waals surface area (Å²) in [4.78, 5) is 8.49. The Hall–Kier alpha value is -3.38. The minimum absolute atomic E-state index is 0.200. The molecule has 0 saturated carbocycles. The molecule has 0 radical (unpaired) electrons. The lowest BCUT2D eigenvalue weighted by Gasteiger charge is -2.12. The van der Waals surface area contributed by atoms with Crippen molar-refractivity contribution in [3.05, 3.63) is 82.8 Å². The summed E-state index contributed by atoms with van der Waals surface area (Å²) in [5, 5.41) is 10.7. The van der Waals surface area contributed by atoms with Crippen LogP contribution in [0.1, 0.15) is 17.0 Å². The highest BCUT2D eigenvalue weighted by Crippen LogP contribution is 2.35. The van der Waals surface area contributed by atoms with Gasteiger partial charge in [-0.05, 0) is 53.1 Å². The van der Waals surface area contributed by atoms with Gasteiger partial charge < -0.3 is 9.47 Å². The van der Waals surface area contributed by atoms with Gasteiger partial charge in [-0.2, -0.15) is 5.26 Å². The fourth-order valence-corrected chi connectivity index (χ4v) is 4.54. The first kappa shape index (κ1) is 25.7. The van der Waals surface area contributed by atoms with Gasteiger partial charge >= 0.3 is 0 Å². The van der Waals surface area contributed by atoms with Crippen molar-refractivity contribution in [2.45, 2.75) is 12.4 Å². The monoisotopic (exact) mass is 541 g/mol. The average Bonchev–Trinajstić information content (AvgIpc) is 2.85. The fourth-order valence-electron chi connectivity index (χ4n) is 3.58. The van der Waals surface area contributed by atoms with Crippen LogP contribution < -0.4 is 9.47 Å². The normalized spacial score (nSPS) is 11.3. The molecule has 0 unspecified atom stereocenters. The van der Waals surface area contributed by atoms with Gasteiger partial charge in [0.1, 0.15) is 36.6 Å². The smallest absolute Gasteiger partial charge is 0.155 e. The van der Waals surface area contributed by atoms with Gasteiger partial charge in [0.15, 0.2) is 15.6 Å². The van der Waals surface area contributed by atoms with Crippen molar-refractivity contribution >= 4 is 43.9 Å². The molecule has 0 bridgehead atoms. The molecule has 36 heavy (non-hydrogen) atoms. The van der Waals surface area contributed by atoms with E-state index in [0.717, 1.165) is 28.3 Å². The van der Waals surface area contributed by atoms with E-state index in [1.807, 2.05) is 42.5 Å². The van der Waals surface area contributed by atoms with Crippen molar-refractivity contribution in [1.82, 2.24) is 9.97 Å². The highest BCUT2D eigenvalue weighted by atomic mass is 35.5. The van der Waals surface area contributed by atoms with Crippen molar-refractivity contribution in [3.63, 3.8) is 0 Å². The summed E-state index contributed by atoms with van der Waals surface area (Å²) in [7, 11) is -3.21. The molecule has 0 aliphatic heterocycles. The maximum absolute atomic E-state index is 11.5. The van der Waals surface area contributed by atoms with Crippen LogP contribution in [-0.4, -0.2) is 37.1 Å². The standard InChI is InChI=1S/C26H21Cl2N3O4S/c1-36(32,33)16-25-30-14-21-9-17(5-6-24(21)31-25)15-35-22-4-2-3-18(11-22)19-10-20(13-29)26(23(28)12-19)34-8-7-27/h2-6,9-12,14H,7-8,15-16H2,1H3. The van der Waals surface area contributed by atoms with Crippen molar-refractivity contribution < 1.29 is 17.9 Å². The fraction of sp³-hybridized carbons (Fsp3) is 0.192. The molecule has 0 saturated heterocycles. The van der Waals surface area contributed by atoms with E-state index >= 15 is 0 Å². The van der Waals surface area contributed by atoms with E-state index in [0.29, 0.717) is 34.2 Å². The van der Waals surface area contributed by atoms with E-state index in [1.165, 1.54) is 0 Å². The molecule has 4 rings (SSSR count). The second-order valence-corrected chi connectivity index (χ2v) is 11.0. The Morgan fingerprint density at radius 3 is 2.64 bits per heavy atom. The zero-order chi connectivity index (χ0) is 25.7. The molecule has 0 aliphatic rings. The molecule has 3 aromatic carbocycles. The van der Waals surface area contributed by atoms with E-state index in [-0.39, 0.29) is 24.1 Å². The van der Waals surface area contributed by atoms with Gasteiger partial charge in [-0.25, -0.2) is 18.4 Å². The number of nitriles is 1. The molecule has 184 valence electrons. The number of benzene rings is 3. The molecular formula is C26H21Cl2N3O4S.